The van der Waals surface area contributed by atoms with Gasteiger partial charge in [-0.05, 0) is 25.8 Å². The lowest BCUT2D eigenvalue weighted by Crippen LogP contribution is -2.48. The van der Waals surface area contributed by atoms with Gasteiger partial charge in [0.15, 0.2) is 0 Å². The molecule has 1 aliphatic heterocycles. The summed E-state index contributed by atoms with van der Waals surface area (Å²) in [5.41, 5.74) is 2.11. The standard InChI is InChI=1S/C18H24N4OS/c1-13-6-7-17(23)22(20-13)10-14-8-21(9-14)11-16-12-24-18(19-16)15-4-2-3-5-15/h6-7,12,14-15H,2-5,8-11H2,1H3. The maximum Gasteiger partial charge on any atom is 0.266 e. The van der Waals surface area contributed by atoms with Crippen LogP contribution in [0.3, 0.4) is 0 Å². The highest BCUT2D eigenvalue weighted by molar-refractivity contribution is 7.09. The quantitative estimate of drug-likeness (QED) is 0.837. The summed E-state index contributed by atoms with van der Waals surface area (Å²) in [6.45, 7) is 5.64. The molecule has 0 amide bonds. The number of hydrogen-bond donors (Lipinski definition) is 0. The van der Waals surface area contributed by atoms with E-state index in [1.54, 1.807) is 16.8 Å². The first kappa shape index (κ1) is 16.0. The van der Waals surface area contributed by atoms with Gasteiger partial charge in [-0.25, -0.2) is 9.67 Å². The van der Waals surface area contributed by atoms with Crippen LogP contribution in [0.25, 0.3) is 0 Å². The van der Waals surface area contributed by atoms with Gasteiger partial charge in [-0.1, -0.05) is 12.8 Å². The zero-order valence-electron chi connectivity index (χ0n) is 14.1. The highest BCUT2D eigenvalue weighted by atomic mass is 32.1. The van der Waals surface area contributed by atoms with Crippen molar-refractivity contribution in [3.8, 4) is 0 Å². The summed E-state index contributed by atoms with van der Waals surface area (Å²) in [4.78, 5) is 19.1. The summed E-state index contributed by atoms with van der Waals surface area (Å²) in [7, 11) is 0. The van der Waals surface area contributed by atoms with Crippen molar-refractivity contribution in [2.75, 3.05) is 13.1 Å². The van der Waals surface area contributed by atoms with Crippen LogP contribution >= 0.6 is 11.3 Å². The minimum absolute atomic E-state index is 0.000225. The maximum absolute atomic E-state index is 11.8. The molecule has 24 heavy (non-hydrogen) atoms. The molecule has 0 N–H and O–H groups in total. The van der Waals surface area contributed by atoms with Crippen LogP contribution in [0.5, 0.6) is 0 Å². The third-order valence-electron chi connectivity index (χ3n) is 5.12. The van der Waals surface area contributed by atoms with Crippen molar-refractivity contribution in [1.29, 1.82) is 0 Å². The molecule has 0 unspecified atom stereocenters. The van der Waals surface area contributed by atoms with E-state index in [1.807, 2.05) is 18.3 Å². The van der Waals surface area contributed by atoms with Crippen molar-refractivity contribution in [3.63, 3.8) is 0 Å². The van der Waals surface area contributed by atoms with E-state index in [1.165, 1.54) is 36.4 Å². The molecule has 0 aromatic carbocycles. The molecule has 2 aromatic heterocycles. The largest absolute Gasteiger partial charge is 0.297 e. The van der Waals surface area contributed by atoms with E-state index in [-0.39, 0.29) is 5.56 Å². The molecule has 6 heteroatoms. The van der Waals surface area contributed by atoms with Gasteiger partial charge < -0.3 is 0 Å². The topological polar surface area (TPSA) is 51.0 Å². The van der Waals surface area contributed by atoms with Gasteiger partial charge in [-0.2, -0.15) is 5.10 Å². The summed E-state index contributed by atoms with van der Waals surface area (Å²) in [5.74, 6) is 1.23. The third-order valence-corrected chi connectivity index (χ3v) is 6.18. The van der Waals surface area contributed by atoms with Crippen LogP contribution in [-0.4, -0.2) is 32.8 Å². The molecule has 2 fully saturated rings. The van der Waals surface area contributed by atoms with E-state index in [0.717, 1.165) is 31.9 Å². The van der Waals surface area contributed by atoms with Crippen molar-refractivity contribution in [2.45, 2.75) is 51.6 Å². The summed E-state index contributed by atoms with van der Waals surface area (Å²) in [6.07, 6.45) is 5.35. The Bertz CT molecular complexity index is 756. The molecule has 3 heterocycles. The first-order chi connectivity index (χ1) is 11.7. The molecule has 0 bridgehead atoms. The Kier molecular flexibility index (Phi) is 4.50. The van der Waals surface area contributed by atoms with E-state index in [9.17, 15) is 4.79 Å². The summed E-state index contributed by atoms with van der Waals surface area (Å²) >= 11 is 1.84. The van der Waals surface area contributed by atoms with Crippen molar-refractivity contribution in [3.05, 3.63) is 44.3 Å². The van der Waals surface area contributed by atoms with Gasteiger partial charge in [0.05, 0.1) is 22.9 Å². The molecular formula is C18H24N4OS. The first-order valence-electron chi connectivity index (χ1n) is 8.89. The predicted molar refractivity (Wildman–Crippen MR) is 95.3 cm³/mol. The molecule has 1 saturated carbocycles. The van der Waals surface area contributed by atoms with Gasteiger partial charge in [0.25, 0.3) is 5.56 Å². The molecule has 4 rings (SSSR count). The lowest BCUT2D eigenvalue weighted by atomic mass is 10.00. The molecule has 0 spiro atoms. The number of aromatic nitrogens is 3. The Balaban J connectivity index is 1.28. The Morgan fingerprint density at radius 2 is 2.04 bits per heavy atom. The zero-order chi connectivity index (χ0) is 16.5. The van der Waals surface area contributed by atoms with Crippen LogP contribution in [0.4, 0.5) is 0 Å². The lowest BCUT2D eigenvalue weighted by Gasteiger charge is -2.38. The molecule has 5 nitrogen and oxygen atoms in total. The minimum atomic E-state index is -0.000225. The Morgan fingerprint density at radius 1 is 1.25 bits per heavy atom. The van der Waals surface area contributed by atoms with Crippen molar-refractivity contribution < 1.29 is 0 Å². The van der Waals surface area contributed by atoms with E-state index in [4.69, 9.17) is 4.98 Å². The van der Waals surface area contributed by atoms with Crippen LogP contribution in [0.15, 0.2) is 22.3 Å². The Hall–Kier alpha value is -1.53. The second-order valence-corrected chi connectivity index (χ2v) is 8.10. The number of nitrogens with zero attached hydrogens (tertiary/aromatic N) is 4. The minimum Gasteiger partial charge on any atom is -0.297 e. The summed E-state index contributed by atoms with van der Waals surface area (Å²) in [5, 5.41) is 7.90. The zero-order valence-corrected chi connectivity index (χ0v) is 15.0. The summed E-state index contributed by atoms with van der Waals surface area (Å²) < 4.78 is 1.61. The van der Waals surface area contributed by atoms with Crippen molar-refractivity contribution in [1.82, 2.24) is 19.7 Å². The number of rotatable bonds is 5. The van der Waals surface area contributed by atoms with Gasteiger partial charge in [0.2, 0.25) is 0 Å². The molecule has 1 aliphatic carbocycles. The number of thiazole rings is 1. The number of aryl methyl sites for hydroxylation is 1. The van der Waals surface area contributed by atoms with Crippen LogP contribution in [0.1, 0.15) is 48.0 Å². The summed E-state index contributed by atoms with van der Waals surface area (Å²) in [6, 6.07) is 3.38. The van der Waals surface area contributed by atoms with Gasteiger partial charge >= 0.3 is 0 Å². The molecule has 1 saturated heterocycles. The fraction of sp³-hybridized carbons (Fsp3) is 0.611. The number of likely N-dealkylation sites (tertiary alicyclic amines) is 1. The SMILES string of the molecule is Cc1ccc(=O)n(CC2CN(Cc3csc(C4CCCC4)n3)C2)n1. The number of hydrogen-bond acceptors (Lipinski definition) is 5. The predicted octanol–water partition coefficient (Wildman–Crippen LogP) is 2.80. The van der Waals surface area contributed by atoms with Gasteiger partial charge in [0, 0.05) is 42.9 Å². The fourth-order valence-corrected chi connectivity index (χ4v) is 4.81. The van der Waals surface area contributed by atoms with Crippen LogP contribution < -0.4 is 5.56 Å². The lowest BCUT2D eigenvalue weighted by molar-refractivity contribution is 0.0754. The Morgan fingerprint density at radius 3 is 2.83 bits per heavy atom. The normalized spacial score (nSPS) is 19.7. The van der Waals surface area contributed by atoms with Crippen molar-refractivity contribution >= 4 is 11.3 Å². The average Bonchev–Trinajstić information content (AvgIpc) is 3.19. The third kappa shape index (κ3) is 3.44. The van der Waals surface area contributed by atoms with E-state index < -0.39 is 0 Å². The monoisotopic (exact) mass is 344 g/mol. The van der Waals surface area contributed by atoms with E-state index in [2.05, 4.69) is 15.4 Å². The molecule has 2 aromatic rings. The van der Waals surface area contributed by atoms with E-state index >= 15 is 0 Å². The highest BCUT2D eigenvalue weighted by Crippen LogP contribution is 2.35. The molecule has 128 valence electrons. The average molecular weight is 344 g/mol. The van der Waals surface area contributed by atoms with Crippen LogP contribution in [0.2, 0.25) is 0 Å². The fourth-order valence-electron chi connectivity index (χ4n) is 3.83. The van der Waals surface area contributed by atoms with E-state index in [0.29, 0.717) is 11.8 Å². The first-order valence-corrected chi connectivity index (χ1v) is 9.77. The Labute approximate surface area is 146 Å². The molecular weight excluding hydrogens is 320 g/mol. The second-order valence-electron chi connectivity index (χ2n) is 7.21. The molecule has 0 radical (unpaired) electrons. The molecule has 0 atom stereocenters. The van der Waals surface area contributed by atoms with Crippen LogP contribution in [-0.2, 0) is 13.1 Å². The van der Waals surface area contributed by atoms with Gasteiger partial charge in [0.1, 0.15) is 0 Å². The maximum atomic E-state index is 11.8. The van der Waals surface area contributed by atoms with Crippen LogP contribution in [0, 0.1) is 12.8 Å². The second kappa shape index (κ2) is 6.76. The van der Waals surface area contributed by atoms with Gasteiger partial charge in [-0.3, -0.25) is 9.69 Å². The van der Waals surface area contributed by atoms with Crippen molar-refractivity contribution in [2.24, 2.45) is 5.92 Å². The highest BCUT2D eigenvalue weighted by Gasteiger charge is 2.28. The smallest absolute Gasteiger partial charge is 0.266 e. The van der Waals surface area contributed by atoms with Gasteiger partial charge in [-0.15, -0.1) is 11.3 Å². The molecule has 2 aliphatic rings.